The molecule has 1 saturated carbocycles. The molecule has 0 aliphatic heterocycles. The molecule has 3 rings (SSSR count). The average Bonchev–Trinajstić information content (AvgIpc) is 3.12. The van der Waals surface area contributed by atoms with Crippen LogP contribution < -0.4 is 10.6 Å². The molecular formula is C19H24N6O2. The number of pyridine rings is 1. The second-order valence-electron chi connectivity index (χ2n) is 6.82. The van der Waals surface area contributed by atoms with Crippen LogP contribution in [0.3, 0.4) is 0 Å². The predicted octanol–water partition coefficient (Wildman–Crippen LogP) is 1.60. The molecule has 1 fully saturated rings. The van der Waals surface area contributed by atoms with Crippen molar-refractivity contribution in [1.82, 2.24) is 20.1 Å². The number of nitriles is 1. The highest BCUT2D eigenvalue weighted by atomic mass is 16.5. The summed E-state index contributed by atoms with van der Waals surface area (Å²) in [5.74, 6) is 0.690. The number of ether oxygens (including phenoxy) is 1. The van der Waals surface area contributed by atoms with E-state index in [2.05, 4.69) is 26.8 Å². The maximum Gasteiger partial charge on any atom is 0.223 e. The molecule has 27 heavy (non-hydrogen) atoms. The topological polar surface area (TPSA) is 105 Å². The number of aryl methyl sites for hydroxylation is 1. The first-order valence-corrected chi connectivity index (χ1v) is 8.99. The van der Waals surface area contributed by atoms with Gasteiger partial charge in [0.15, 0.2) is 0 Å². The molecule has 2 aromatic heterocycles. The third-order valence-corrected chi connectivity index (χ3v) is 4.92. The standard InChI is InChI=1S/C19H24N6O2/c1-25-12-14(11-23-25)10-22-19(26)15-4-5-16(17(7-15)27-2)24-18-6-3-13(8-20)9-21-18/h3,6,9,11-12,15-17H,4-5,7,10H2,1-2H3,(H,21,24)(H,22,26)/t15-,16+,17+/m0/s1. The number of hydrogen-bond donors (Lipinski definition) is 2. The first kappa shape index (κ1) is 18.9. The van der Waals surface area contributed by atoms with Gasteiger partial charge in [-0.1, -0.05) is 0 Å². The van der Waals surface area contributed by atoms with Crippen molar-refractivity contribution in [3.05, 3.63) is 41.9 Å². The number of methoxy groups -OCH3 is 1. The van der Waals surface area contributed by atoms with Gasteiger partial charge in [0, 0.05) is 44.6 Å². The van der Waals surface area contributed by atoms with E-state index in [-0.39, 0.29) is 24.0 Å². The van der Waals surface area contributed by atoms with E-state index in [1.54, 1.807) is 36.3 Å². The summed E-state index contributed by atoms with van der Waals surface area (Å²) in [4.78, 5) is 16.8. The van der Waals surface area contributed by atoms with Gasteiger partial charge < -0.3 is 15.4 Å². The van der Waals surface area contributed by atoms with E-state index in [1.807, 2.05) is 13.2 Å². The van der Waals surface area contributed by atoms with Crippen LogP contribution in [0.5, 0.6) is 0 Å². The second kappa shape index (κ2) is 8.64. The zero-order valence-electron chi connectivity index (χ0n) is 15.6. The summed E-state index contributed by atoms with van der Waals surface area (Å²) in [7, 11) is 3.52. The average molecular weight is 368 g/mol. The summed E-state index contributed by atoms with van der Waals surface area (Å²) in [6, 6.07) is 5.66. The Hall–Kier alpha value is -2.92. The van der Waals surface area contributed by atoms with Gasteiger partial charge in [0.1, 0.15) is 11.9 Å². The lowest BCUT2D eigenvalue weighted by Crippen LogP contribution is -2.44. The zero-order chi connectivity index (χ0) is 19.2. The van der Waals surface area contributed by atoms with Gasteiger partial charge in [0.25, 0.3) is 0 Å². The van der Waals surface area contributed by atoms with Crippen LogP contribution in [0.15, 0.2) is 30.7 Å². The first-order valence-electron chi connectivity index (χ1n) is 8.99. The number of amides is 1. The van der Waals surface area contributed by atoms with Gasteiger partial charge >= 0.3 is 0 Å². The fraction of sp³-hybridized carbons (Fsp3) is 0.474. The number of anilines is 1. The minimum Gasteiger partial charge on any atom is -0.379 e. The molecule has 0 spiro atoms. The highest BCUT2D eigenvalue weighted by Gasteiger charge is 2.34. The third kappa shape index (κ3) is 4.83. The number of rotatable bonds is 6. The van der Waals surface area contributed by atoms with Gasteiger partial charge in [-0.15, -0.1) is 0 Å². The summed E-state index contributed by atoms with van der Waals surface area (Å²) in [5, 5.41) is 19.3. The Morgan fingerprint density at radius 3 is 2.89 bits per heavy atom. The quantitative estimate of drug-likeness (QED) is 0.802. The summed E-state index contributed by atoms with van der Waals surface area (Å²) in [6.07, 6.45) is 7.36. The summed E-state index contributed by atoms with van der Waals surface area (Å²) >= 11 is 0. The summed E-state index contributed by atoms with van der Waals surface area (Å²) in [6.45, 7) is 0.484. The molecule has 0 bridgehead atoms. The Morgan fingerprint density at radius 2 is 2.26 bits per heavy atom. The van der Waals surface area contributed by atoms with Crippen LogP contribution >= 0.6 is 0 Å². The zero-order valence-corrected chi connectivity index (χ0v) is 15.6. The monoisotopic (exact) mass is 368 g/mol. The van der Waals surface area contributed by atoms with Crippen LogP contribution in [0.2, 0.25) is 0 Å². The van der Waals surface area contributed by atoms with Gasteiger partial charge in [-0.2, -0.15) is 10.4 Å². The van der Waals surface area contributed by atoms with Crippen LogP contribution in [0.4, 0.5) is 5.82 Å². The maximum atomic E-state index is 12.5. The van der Waals surface area contributed by atoms with Crippen molar-refractivity contribution in [1.29, 1.82) is 5.26 Å². The maximum absolute atomic E-state index is 12.5. The largest absolute Gasteiger partial charge is 0.379 e. The number of nitrogens with zero attached hydrogens (tertiary/aromatic N) is 4. The Balaban J connectivity index is 1.53. The van der Waals surface area contributed by atoms with Gasteiger partial charge in [-0.3, -0.25) is 9.48 Å². The Morgan fingerprint density at radius 1 is 1.41 bits per heavy atom. The molecule has 3 atom stereocenters. The van der Waals surface area contributed by atoms with E-state index in [4.69, 9.17) is 10.00 Å². The lowest BCUT2D eigenvalue weighted by Gasteiger charge is -2.35. The minimum atomic E-state index is -0.0784. The highest BCUT2D eigenvalue weighted by molar-refractivity contribution is 5.78. The first-order chi connectivity index (χ1) is 13.1. The van der Waals surface area contributed by atoms with Crippen LogP contribution in [0, 0.1) is 17.2 Å². The fourth-order valence-corrected chi connectivity index (χ4v) is 3.42. The molecule has 0 aromatic carbocycles. The van der Waals surface area contributed by atoms with Gasteiger partial charge in [0.05, 0.1) is 23.9 Å². The molecule has 2 N–H and O–H groups in total. The molecule has 2 heterocycles. The molecule has 0 unspecified atom stereocenters. The van der Waals surface area contributed by atoms with Crippen molar-refractivity contribution in [2.75, 3.05) is 12.4 Å². The molecule has 8 nitrogen and oxygen atoms in total. The molecule has 142 valence electrons. The summed E-state index contributed by atoms with van der Waals surface area (Å²) in [5.41, 5.74) is 1.51. The third-order valence-electron chi connectivity index (χ3n) is 4.92. The second-order valence-corrected chi connectivity index (χ2v) is 6.82. The van der Waals surface area contributed by atoms with Crippen LogP contribution in [0.25, 0.3) is 0 Å². The normalized spacial score (nSPS) is 22.0. The molecule has 8 heteroatoms. The number of nitrogens with one attached hydrogen (secondary N) is 2. The van der Waals surface area contributed by atoms with Gasteiger partial charge in [0.2, 0.25) is 5.91 Å². The molecule has 0 radical (unpaired) electrons. The van der Waals surface area contributed by atoms with E-state index in [1.165, 1.54) is 0 Å². The van der Waals surface area contributed by atoms with E-state index >= 15 is 0 Å². The van der Waals surface area contributed by atoms with E-state index in [9.17, 15) is 4.79 Å². The molecule has 0 saturated heterocycles. The molecule has 1 amide bonds. The van der Waals surface area contributed by atoms with Crippen LogP contribution in [-0.4, -0.2) is 39.9 Å². The van der Waals surface area contributed by atoms with Crippen molar-refractivity contribution < 1.29 is 9.53 Å². The van der Waals surface area contributed by atoms with Crippen molar-refractivity contribution in [3.8, 4) is 6.07 Å². The van der Waals surface area contributed by atoms with Crippen molar-refractivity contribution in [2.24, 2.45) is 13.0 Å². The van der Waals surface area contributed by atoms with Crippen LogP contribution in [0.1, 0.15) is 30.4 Å². The van der Waals surface area contributed by atoms with E-state index in [0.717, 1.165) is 18.4 Å². The SMILES string of the molecule is CO[C@@H]1C[C@@H](C(=O)NCc2cnn(C)c2)CC[C@H]1Nc1ccc(C#N)cn1. The van der Waals surface area contributed by atoms with Gasteiger partial charge in [-0.05, 0) is 31.4 Å². The molecular weight excluding hydrogens is 344 g/mol. The highest BCUT2D eigenvalue weighted by Crippen LogP contribution is 2.28. The lowest BCUT2D eigenvalue weighted by atomic mass is 9.83. The number of aromatic nitrogens is 3. The summed E-state index contributed by atoms with van der Waals surface area (Å²) < 4.78 is 7.35. The smallest absolute Gasteiger partial charge is 0.223 e. The predicted molar refractivity (Wildman–Crippen MR) is 99.6 cm³/mol. The van der Waals surface area contributed by atoms with E-state index in [0.29, 0.717) is 24.3 Å². The Labute approximate surface area is 158 Å². The number of carbonyl (C=O) groups excluding carboxylic acids is 1. The van der Waals surface area contributed by atoms with E-state index < -0.39 is 0 Å². The van der Waals surface area contributed by atoms with Crippen molar-refractivity contribution >= 4 is 11.7 Å². The van der Waals surface area contributed by atoms with Gasteiger partial charge in [-0.25, -0.2) is 4.98 Å². The van der Waals surface area contributed by atoms with Crippen molar-refractivity contribution in [3.63, 3.8) is 0 Å². The van der Waals surface area contributed by atoms with Crippen molar-refractivity contribution in [2.45, 2.75) is 38.0 Å². The Kier molecular flexibility index (Phi) is 6.04. The lowest BCUT2D eigenvalue weighted by molar-refractivity contribution is -0.127. The minimum absolute atomic E-state index is 0.0517. The molecule has 1 aliphatic carbocycles. The molecule has 1 aliphatic rings. The number of hydrogen-bond acceptors (Lipinski definition) is 6. The fourth-order valence-electron chi connectivity index (χ4n) is 3.42. The Bertz CT molecular complexity index is 810. The van der Waals surface area contributed by atoms with Crippen LogP contribution in [-0.2, 0) is 23.1 Å². The molecule has 2 aromatic rings. The number of carbonyl (C=O) groups is 1.